The zero-order chi connectivity index (χ0) is 49.7. The van der Waals surface area contributed by atoms with Crippen LogP contribution in [0.15, 0.2) is 71.0 Å². The van der Waals surface area contributed by atoms with Gasteiger partial charge in [-0.1, -0.05) is 12.8 Å². The highest BCUT2D eigenvalue weighted by Gasteiger charge is 2.37. The summed E-state index contributed by atoms with van der Waals surface area (Å²) in [6.07, 6.45) is 14.1. The minimum atomic E-state index is -3.71. The first-order valence-electron chi connectivity index (χ1n) is 23.6. The van der Waals surface area contributed by atoms with Crippen molar-refractivity contribution in [2.24, 2.45) is 0 Å². The number of hydrogen-bond acceptors (Lipinski definition) is 13. The fourth-order valence-electron chi connectivity index (χ4n) is 9.56. The number of rotatable bonds is 14. The molecular formula is C50H69ClN6O11S2. The first-order chi connectivity index (χ1) is 33.0. The van der Waals surface area contributed by atoms with E-state index in [0.29, 0.717) is 82.6 Å². The maximum absolute atomic E-state index is 13.6. The lowest BCUT2D eigenvalue weighted by atomic mass is 10.0. The molecule has 6 heterocycles. The molecule has 4 aromatic rings. The van der Waals surface area contributed by atoms with E-state index >= 15 is 0 Å². The minimum absolute atomic E-state index is 0. The van der Waals surface area contributed by atoms with Crippen LogP contribution in [-0.4, -0.2) is 136 Å². The van der Waals surface area contributed by atoms with Crippen LogP contribution in [0.2, 0.25) is 0 Å². The number of sulfonamides is 2. The molecular weight excluding hydrogens is 960 g/mol. The van der Waals surface area contributed by atoms with Gasteiger partial charge in [0.15, 0.2) is 0 Å². The fourth-order valence-corrected chi connectivity index (χ4v) is 13.8. The lowest BCUT2D eigenvalue weighted by Gasteiger charge is -2.35. The number of carbonyl (C=O) groups excluding carboxylic acids is 1. The van der Waals surface area contributed by atoms with Crippen LogP contribution in [-0.2, 0) is 65.0 Å². The third-order valence-corrected chi connectivity index (χ3v) is 17.5. The van der Waals surface area contributed by atoms with Crippen molar-refractivity contribution in [1.82, 2.24) is 28.8 Å². The molecule has 1 amide bonds. The number of halogens is 1. The Morgan fingerprint density at radius 3 is 1.61 bits per heavy atom. The third kappa shape index (κ3) is 14.2. The maximum atomic E-state index is 13.6. The number of nitrogens with zero attached hydrogens (tertiary/aromatic N) is 5. The van der Waals surface area contributed by atoms with Crippen molar-refractivity contribution in [3.05, 3.63) is 106 Å². The Kier molecular flexibility index (Phi) is 21.0. The summed E-state index contributed by atoms with van der Waals surface area (Å²) < 4.78 is 78.3. The fraction of sp³-hybridized carbons (Fsp3) is 0.520. The monoisotopic (exact) mass is 1030 g/mol. The number of aryl methyl sites for hydroxylation is 4. The van der Waals surface area contributed by atoms with E-state index in [1.807, 2.05) is 24.7 Å². The van der Waals surface area contributed by atoms with Crippen molar-refractivity contribution in [1.29, 1.82) is 0 Å². The molecule has 17 nitrogen and oxygen atoms in total. The van der Waals surface area contributed by atoms with Crippen LogP contribution in [0.5, 0.6) is 11.5 Å². The number of hydrogen-bond donors (Lipinski definition) is 2. The highest BCUT2D eigenvalue weighted by molar-refractivity contribution is 7.89. The highest BCUT2D eigenvalue weighted by Crippen LogP contribution is 2.34. The lowest BCUT2D eigenvalue weighted by Crippen LogP contribution is -2.47. The van der Waals surface area contributed by atoms with E-state index in [1.165, 1.54) is 21.0 Å². The number of amides is 1. The summed E-state index contributed by atoms with van der Waals surface area (Å²) in [7, 11) is -4.29. The molecule has 2 aromatic carbocycles. The number of pyridine rings is 2. The van der Waals surface area contributed by atoms with Gasteiger partial charge in [0.05, 0.1) is 37.2 Å². The second-order valence-corrected chi connectivity index (χ2v) is 21.6. The number of piperidine rings is 2. The molecule has 0 saturated carbocycles. The number of aliphatic carboxylic acids is 1. The molecule has 8 rings (SSSR count). The van der Waals surface area contributed by atoms with Crippen LogP contribution >= 0.6 is 12.4 Å². The zero-order valence-electron chi connectivity index (χ0n) is 41.1. The van der Waals surface area contributed by atoms with Crippen molar-refractivity contribution in [3.8, 4) is 11.5 Å². The first kappa shape index (κ1) is 56.2. The molecule has 0 aliphatic carbocycles. The van der Waals surface area contributed by atoms with Crippen molar-refractivity contribution in [3.63, 3.8) is 0 Å². The molecule has 70 heavy (non-hydrogen) atoms. The molecule has 20 heteroatoms. The number of carboxylic acid groups (broad SMARTS) is 1. The normalized spacial score (nSPS) is 18.3. The molecule has 0 radical (unpaired) electrons. The van der Waals surface area contributed by atoms with E-state index < -0.39 is 32.6 Å². The second-order valence-electron chi connectivity index (χ2n) is 17.9. The SMILES string of the molecule is COc1cc(C)c(S(=O)(=O)N2CCCCC2COCC(=O)N2CCc3cnccc3C2)c(C)c1.COc1cc(C)c(S(=O)(=O)N2CCCCC2COCC(=O)O)c(C)c1.Cl.c1cc2c(cn1)CCNC2. The van der Waals surface area contributed by atoms with Gasteiger partial charge in [0.1, 0.15) is 24.7 Å². The number of carboxylic acids is 1. The first-order valence-corrected chi connectivity index (χ1v) is 26.5. The molecule has 2 unspecified atom stereocenters. The van der Waals surface area contributed by atoms with Gasteiger partial charge in [0.25, 0.3) is 0 Å². The van der Waals surface area contributed by atoms with Crippen molar-refractivity contribution >= 4 is 44.3 Å². The van der Waals surface area contributed by atoms with Gasteiger partial charge in [-0.25, -0.2) is 21.6 Å². The minimum Gasteiger partial charge on any atom is -0.497 e. The highest BCUT2D eigenvalue weighted by atomic mass is 35.5. The lowest BCUT2D eigenvalue weighted by molar-refractivity contribution is -0.142. The van der Waals surface area contributed by atoms with Gasteiger partial charge >= 0.3 is 5.97 Å². The number of fused-ring (bicyclic) bond motifs is 2. The Balaban J connectivity index is 0.000000221. The molecule has 0 bridgehead atoms. The molecule has 2 atom stereocenters. The molecule has 2 N–H and O–H groups in total. The maximum Gasteiger partial charge on any atom is 0.329 e. The van der Waals surface area contributed by atoms with Gasteiger partial charge < -0.3 is 34.3 Å². The predicted octanol–water partition coefficient (Wildman–Crippen LogP) is 5.96. The average Bonchev–Trinajstić information content (AvgIpc) is 3.33. The Morgan fingerprint density at radius 1 is 0.671 bits per heavy atom. The van der Waals surface area contributed by atoms with E-state index in [9.17, 15) is 26.4 Å². The van der Waals surface area contributed by atoms with Gasteiger partial charge in [-0.3, -0.25) is 14.8 Å². The smallest absolute Gasteiger partial charge is 0.329 e. The number of ether oxygens (including phenoxy) is 4. The van der Waals surface area contributed by atoms with E-state index in [-0.39, 0.29) is 50.2 Å². The van der Waals surface area contributed by atoms with Crippen LogP contribution in [0.1, 0.15) is 83.0 Å². The van der Waals surface area contributed by atoms with Crippen LogP contribution in [0.4, 0.5) is 0 Å². The van der Waals surface area contributed by atoms with E-state index in [2.05, 4.69) is 21.4 Å². The Labute approximate surface area is 419 Å². The molecule has 4 aliphatic heterocycles. The summed E-state index contributed by atoms with van der Waals surface area (Å²) in [6, 6.07) is 10.3. The van der Waals surface area contributed by atoms with Gasteiger partial charge in [0, 0.05) is 69.6 Å². The third-order valence-electron chi connectivity index (χ3n) is 13.0. The largest absolute Gasteiger partial charge is 0.497 e. The summed E-state index contributed by atoms with van der Waals surface area (Å²) >= 11 is 0. The van der Waals surface area contributed by atoms with Crippen molar-refractivity contribution < 1.29 is 50.5 Å². The molecule has 4 aliphatic rings. The Morgan fingerprint density at radius 2 is 1.14 bits per heavy atom. The number of benzene rings is 2. The van der Waals surface area contributed by atoms with Gasteiger partial charge in [-0.05, 0) is 154 Å². The van der Waals surface area contributed by atoms with E-state index in [0.717, 1.165) is 57.2 Å². The van der Waals surface area contributed by atoms with E-state index in [1.54, 1.807) is 81.6 Å². The molecule has 2 fully saturated rings. The zero-order valence-corrected chi connectivity index (χ0v) is 43.6. The van der Waals surface area contributed by atoms with Gasteiger partial charge in [-0.2, -0.15) is 8.61 Å². The van der Waals surface area contributed by atoms with Crippen molar-refractivity contribution in [2.75, 3.05) is 66.8 Å². The summed E-state index contributed by atoms with van der Waals surface area (Å²) in [5.41, 5.74) is 7.70. The topological polar surface area (TPSA) is 207 Å². The predicted molar refractivity (Wildman–Crippen MR) is 268 cm³/mol. The standard InChI is InChI=1S/C25H33N3O5S.C17H25NO6S.C8H10N2.ClH/c1-18-12-23(32-3)13-19(2)25(18)34(30,31)28-10-5-4-6-22(28)16-33-17-24(29)27-11-8-20-14-26-9-7-21(20)15-27;1-12-8-15(23-3)9-13(2)17(12)25(21,22)18-7-5-4-6-14(18)10-24-11-16(19)20;1-3-9-6-8-2-4-10-5-7(1)8;/h7,9,12-14,22H,4-6,8,10-11,15-17H2,1-3H3;8-9,14H,4-7,10-11H2,1-3H3,(H,19,20);1,3,6,10H,2,4-5H2;1H. The average molecular weight is 1030 g/mol. The molecule has 0 spiro atoms. The summed E-state index contributed by atoms with van der Waals surface area (Å²) in [5, 5.41) is 12.0. The van der Waals surface area contributed by atoms with Crippen LogP contribution < -0.4 is 14.8 Å². The Bertz CT molecular complexity index is 2570. The molecule has 384 valence electrons. The molecule has 2 saturated heterocycles. The number of carbonyl (C=O) groups is 2. The van der Waals surface area contributed by atoms with Crippen LogP contribution in [0.25, 0.3) is 0 Å². The summed E-state index contributed by atoms with van der Waals surface area (Å²) in [4.78, 5) is 34.0. The van der Waals surface area contributed by atoms with Crippen LogP contribution in [0, 0.1) is 27.7 Å². The number of aromatic nitrogens is 2. The van der Waals surface area contributed by atoms with Crippen molar-refractivity contribution in [2.45, 2.75) is 114 Å². The van der Waals surface area contributed by atoms with E-state index in [4.69, 9.17) is 24.1 Å². The quantitative estimate of drug-likeness (QED) is 0.150. The number of methoxy groups -OCH3 is 2. The van der Waals surface area contributed by atoms with Crippen LogP contribution in [0.3, 0.4) is 0 Å². The summed E-state index contributed by atoms with van der Waals surface area (Å²) in [6.45, 7) is 11.1. The van der Waals surface area contributed by atoms with Gasteiger partial charge in [-0.15, -0.1) is 12.4 Å². The number of nitrogens with one attached hydrogen (secondary N) is 1. The molecule has 2 aromatic heterocycles. The summed E-state index contributed by atoms with van der Waals surface area (Å²) in [5.74, 6) is 0.123. The van der Waals surface area contributed by atoms with Gasteiger partial charge in [0.2, 0.25) is 26.0 Å². The second kappa shape index (κ2) is 26.1. The Hall–Kier alpha value is -4.73.